The summed E-state index contributed by atoms with van der Waals surface area (Å²) < 4.78 is 2.52. The molecular formula is C18H22N2O. The minimum Gasteiger partial charge on any atom is -0.342 e. The number of hydrogen-bond acceptors (Lipinski definition) is 1. The second-order valence-corrected chi connectivity index (χ2v) is 6.54. The molecule has 0 unspecified atom stereocenters. The van der Waals surface area contributed by atoms with Crippen LogP contribution < -0.4 is 0 Å². The third-order valence-corrected chi connectivity index (χ3v) is 5.09. The Hall–Kier alpha value is -1.77. The van der Waals surface area contributed by atoms with Gasteiger partial charge in [-0.3, -0.25) is 4.79 Å². The molecule has 0 saturated heterocycles. The number of carbonyl (C=O) groups excluding carboxylic acids is 1. The summed E-state index contributed by atoms with van der Waals surface area (Å²) in [6.07, 6.45) is 5.03. The number of rotatable bonds is 0. The molecule has 3 heteroatoms. The van der Waals surface area contributed by atoms with Gasteiger partial charge in [0.2, 0.25) is 5.91 Å². The molecule has 0 N–H and O–H groups in total. The van der Waals surface area contributed by atoms with Crippen molar-refractivity contribution in [3.8, 4) is 0 Å². The maximum atomic E-state index is 11.8. The average Bonchev–Trinajstić information content (AvgIpc) is 2.64. The van der Waals surface area contributed by atoms with Crippen molar-refractivity contribution >= 4 is 16.8 Å². The smallest absolute Gasteiger partial charge is 0.219 e. The highest BCUT2D eigenvalue weighted by molar-refractivity contribution is 5.90. The number of fused-ring (bicyclic) bond motifs is 3. The van der Waals surface area contributed by atoms with E-state index in [1.54, 1.807) is 12.5 Å². The van der Waals surface area contributed by atoms with Gasteiger partial charge in [-0.15, -0.1) is 0 Å². The van der Waals surface area contributed by atoms with Crippen LogP contribution in [0.2, 0.25) is 0 Å². The molecule has 2 aliphatic rings. The van der Waals surface area contributed by atoms with Gasteiger partial charge in [-0.05, 0) is 49.8 Å². The molecule has 0 bridgehead atoms. The molecule has 1 aliphatic heterocycles. The molecule has 0 atom stereocenters. The van der Waals surface area contributed by atoms with E-state index in [-0.39, 0.29) is 5.91 Å². The maximum Gasteiger partial charge on any atom is 0.219 e. The highest BCUT2D eigenvalue weighted by atomic mass is 16.2. The van der Waals surface area contributed by atoms with Crippen molar-refractivity contribution in [2.45, 2.75) is 52.6 Å². The molecule has 1 aromatic heterocycles. The van der Waals surface area contributed by atoms with Crippen molar-refractivity contribution in [1.29, 1.82) is 0 Å². The second-order valence-electron chi connectivity index (χ2n) is 6.54. The normalized spacial score (nSPS) is 17.7. The number of carbonyl (C=O) groups is 1. The van der Waals surface area contributed by atoms with Crippen molar-refractivity contribution in [2.24, 2.45) is 0 Å². The Bertz CT molecular complexity index is 741. The van der Waals surface area contributed by atoms with Gasteiger partial charge in [0.05, 0.1) is 5.52 Å². The Kier molecular flexibility index (Phi) is 2.84. The molecular weight excluding hydrogens is 260 g/mol. The van der Waals surface area contributed by atoms with Gasteiger partial charge >= 0.3 is 0 Å². The van der Waals surface area contributed by atoms with Crippen LogP contribution in [0, 0.1) is 6.92 Å². The minimum atomic E-state index is 0.185. The Morgan fingerprint density at radius 3 is 2.76 bits per heavy atom. The Balaban J connectivity index is 1.99. The van der Waals surface area contributed by atoms with E-state index in [0.29, 0.717) is 0 Å². The first-order chi connectivity index (χ1) is 10.1. The van der Waals surface area contributed by atoms with Crippen molar-refractivity contribution in [2.75, 3.05) is 6.54 Å². The second kappa shape index (κ2) is 4.62. The van der Waals surface area contributed by atoms with Crippen LogP contribution >= 0.6 is 0 Å². The van der Waals surface area contributed by atoms with Crippen LogP contribution in [-0.4, -0.2) is 21.9 Å². The van der Waals surface area contributed by atoms with Gasteiger partial charge in [0.25, 0.3) is 0 Å². The summed E-state index contributed by atoms with van der Waals surface area (Å²) in [7, 11) is 0. The highest BCUT2D eigenvalue weighted by Gasteiger charge is 2.25. The van der Waals surface area contributed by atoms with Crippen LogP contribution in [0.3, 0.4) is 0 Å². The minimum absolute atomic E-state index is 0.185. The van der Waals surface area contributed by atoms with Crippen molar-refractivity contribution in [3.63, 3.8) is 0 Å². The quantitative estimate of drug-likeness (QED) is 0.728. The first-order valence-corrected chi connectivity index (χ1v) is 8.04. The molecule has 0 radical (unpaired) electrons. The van der Waals surface area contributed by atoms with Crippen LogP contribution in [-0.2, 0) is 30.7 Å². The van der Waals surface area contributed by atoms with Crippen LogP contribution in [0.4, 0.5) is 0 Å². The molecule has 0 fully saturated rings. The summed E-state index contributed by atoms with van der Waals surface area (Å²) >= 11 is 0. The fourth-order valence-electron chi connectivity index (χ4n) is 4.16. The van der Waals surface area contributed by atoms with Crippen molar-refractivity contribution in [3.05, 3.63) is 34.5 Å². The summed E-state index contributed by atoms with van der Waals surface area (Å²) in [5.41, 5.74) is 7.16. The Labute approximate surface area is 125 Å². The zero-order valence-corrected chi connectivity index (χ0v) is 12.9. The van der Waals surface area contributed by atoms with E-state index in [1.165, 1.54) is 53.4 Å². The molecule has 1 amide bonds. The molecule has 110 valence electrons. The summed E-state index contributed by atoms with van der Waals surface area (Å²) in [4.78, 5) is 13.8. The topological polar surface area (TPSA) is 25.2 Å². The number of amides is 1. The van der Waals surface area contributed by atoms with Crippen molar-refractivity contribution < 1.29 is 4.79 Å². The van der Waals surface area contributed by atoms with Gasteiger partial charge in [-0.2, -0.15) is 0 Å². The molecule has 3 nitrogen and oxygen atoms in total. The van der Waals surface area contributed by atoms with Gasteiger partial charge in [0, 0.05) is 37.6 Å². The first kappa shape index (κ1) is 12.9. The largest absolute Gasteiger partial charge is 0.342 e. The first-order valence-electron chi connectivity index (χ1n) is 8.04. The van der Waals surface area contributed by atoms with E-state index in [9.17, 15) is 4.79 Å². The average molecular weight is 282 g/mol. The lowest BCUT2D eigenvalue weighted by atomic mass is 9.94. The maximum absolute atomic E-state index is 11.8. The standard InChI is InChI=1S/C18H22N2O/c1-12-9-14-11-19(13(2)21)7-8-20-17-6-4-3-5-15(17)16(10-12)18(14)20/h9-10H,3-8,11H2,1-2H3. The molecule has 1 aliphatic carbocycles. The summed E-state index contributed by atoms with van der Waals surface area (Å²) in [6, 6.07) is 4.62. The molecule has 0 spiro atoms. The summed E-state index contributed by atoms with van der Waals surface area (Å²) in [6.45, 7) is 6.39. The third kappa shape index (κ3) is 1.90. The fourth-order valence-corrected chi connectivity index (χ4v) is 4.16. The number of aryl methyl sites for hydroxylation is 2. The lowest BCUT2D eigenvalue weighted by molar-refractivity contribution is -0.129. The lowest BCUT2D eigenvalue weighted by Gasteiger charge is -2.20. The molecule has 21 heavy (non-hydrogen) atoms. The Morgan fingerprint density at radius 2 is 1.95 bits per heavy atom. The van der Waals surface area contributed by atoms with E-state index in [4.69, 9.17) is 0 Å². The monoisotopic (exact) mass is 282 g/mol. The zero-order valence-electron chi connectivity index (χ0n) is 12.9. The van der Waals surface area contributed by atoms with E-state index in [1.807, 2.05) is 4.90 Å². The molecule has 4 rings (SSSR count). The fraction of sp³-hybridized carbons (Fsp3) is 0.500. The number of aromatic nitrogens is 1. The van der Waals surface area contributed by atoms with Gasteiger partial charge in [0.1, 0.15) is 0 Å². The summed E-state index contributed by atoms with van der Waals surface area (Å²) in [5.74, 6) is 0.185. The lowest BCUT2D eigenvalue weighted by Crippen LogP contribution is -2.30. The van der Waals surface area contributed by atoms with Gasteiger partial charge < -0.3 is 9.47 Å². The zero-order chi connectivity index (χ0) is 14.6. The third-order valence-electron chi connectivity index (χ3n) is 5.09. The van der Waals surface area contributed by atoms with Crippen LogP contribution in [0.5, 0.6) is 0 Å². The van der Waals surface area contributed by atoms with Crippen molar-refractivity contribution in [1.82, 2.24) is 9.47 Å². The van der Waals surface area contributed by atoms with Crippen LogP contribution in [0.1, 0.15) is 42.1 Å². The molecule has 1 aromatic carbocycles. The molecule has 2 heterocycles. The summed E-state index contributed by atoms with van der Waals surface area (Å²) in [5, 5.41) is 1.45. The number of benzene rings is 1. The van der Waals surface area contributed by atoms with Gasteiger partial charge in [0.15, 0.2) is 0 Å². The number of hydrogen-bond donors (Lipinski definition) is 0. The van der Waals surface area contributed by atoms with Gasteiger partial charge in [-0.25, -0.2) is 0 Å². The van der Waals surface area contributed by atoms with Crippen LogP contribution in [0.15, 0.2) is 12.1 Å². The SMILES string of the molecule is CC(=O)N1CCn2c3c(c4cc(C)cc(c42)C1)CCCC3. The molecule has 0 saturated carbocycles. The highest BCUT2D eigenvalue weighted by Crippen LogP contribution is 2.36. The number of nitrogens with zero attached hydrogens (tertiary/aromatic N) is 2. The molecule has 2 aromatic rings. The van der Waals surface area contributed by atoms with Gasteiger partial charge in [-0.1, -0.05) is 11.6 Å². The van der Waals surface area contributed by atoms with E-state index >= 15 is 0 Å². The van der Waals surface area contributed by atoms with E-state index < -0.39 is 0 Å². The Morgan fingerprint density at radius 1 is 1.14 bits per heavy atom. The van der Waals surface area contributed by atoms with E-state index in [0.717, 1.165) is 19.6 Å². The van der Waals surface area contributed by atoms with E-state index in [2.05, 4.69) is 23.6 Å². The predicted octanol–water partition coefficient (Wildman–Crippen LogP) is 3.19. The van der Waals surface area contributed by atoms with Crippen LogP contribution in [0.25, 0.3) is 10.9 Å². The predicted molar refractivity (Wildman–Crippen MR) is 84.4 cm³/mol.